The Morgan fingerprint density at radius 2 is 2.23 bits per heavy atom. The van der Waals surface area contributed by atoms with E-state index in [9.17, 15) is 0 Å². The van der Waals surface area contributed by atoms with E-state index in [1.807, 2.05) is 25.2 Å². The average Bonchev–Trinajstić information content (AvgIpc) is 2.16. The minimum Gasteiger partial charge on any atom is -0.398 e. The monoisotopic (exact) mass is 175 g/mol. The van der Waals surface area contributed by atoms with Crippen molar-refractivity contribution in [3.8, 4) is 6.07 Å². The Morgan fingerprint density at radius 1 is 1.54 bits per heavy atom. The first kappa shape index (κ1) is 9.40. The van der Waals surface area contributed by atoms with Crippen LogP contribution in [0, 0.1) is 11.3 Å². The van der Waals surface area contributed by atoms with Crippen LogP contribution < -0.4 is 10.6 Å². The van der Waals surface area contributed by atoms with E-state index in [-0.39, 0.29) is 0 Å². The molecule has 0 bridgehead atoms. The lowest BCUT2D eigenvalue weighted by Gasteiger charge is -2.17. The molecular weight excluding hydrogens is 162 g/mol. The predicted octanol–water partition coefficient (Wildman–Crippen LogP) is 1.60. The summed E-state index contributed by atoms with van der Waals surface area (Å²) in [6.45, 7) is 2.99. The highest BCUT2D eigenvalue weighted by Gasteiger charge is 2.01. The number of nitriles is 1. The van der Waals surface area contributed by atoms with Gasteiger partial charge in [-0.3, -0.25) is 0 Å². The zero-order valence-corrected chi connectivity index (χ0v) is 7.91. The summed E-state index contributed by atoms with van der Waals surface area (Å²) in [5.41, 5.74) is 7.79. The number of nitrogen functional groups attached to an aromatic ring is 1. The van der Waals surface area contributed by atoms with Gasteiger partial charge >= 0.3 is 0 Å². The topological polar surface area (TPSA) is 53.0 Å². The molecule has 3 nitrogen and oxygen atoms in total. The highest BCUT2D eigenvalue weighted by atomic mass is 15.1. The molecule has 3 heteroatoms. The largest absolute Gasteiger partial charge is 0.398 e. The second-order valence-corrected chi connectivity index (χ2v) is 2.90. The molecule has 2 N–H and O–H groups in total. The van der Waals surface area contributed by atoms with Gasteiger partial charge in [-0.05, 0) is 25.1 Å². The Labute approximate surface area is 78.4 Å². The Balaban J connectivity index is 3.04. The first-order chi connectivity index (χ1) is 6.19. The van der Waals surface area contributed by atoms with Gasteiger partial charge in [0, 0.05) is 19.3 Å². The molecule has 0 aliphatic rings. The molecule has 0 aromatic heterocycles. The number of anilines is 2. The number of nitrogens with two attached hydrogens (primary N) is 1. The van der Waals surface area contributed by atoms with Crippen LogP contribution in [0.5, 0.6) is 0 Å². The van der Waals surface area contributed by atoms with Crippen LogP contribution in [0.15, 0.2) is 18.2 Å². The summed E-state index contributed by atoms with van der Waals surface area (Å²) in [4.78, 5) is 2.07. The number of benzene rings is 1. The summed E-state index contributed by atoms with van der Waals surface area (Å²) in [6, 6.07) is 7.51. The van der Waals surface area contributed by atoms with Gasteiger partial charge < -0.3 is 10.6 Å². The van der Waals surface area contributed by atoms with Gasteiger partial charge in [0.1, 0.15) is 6.07 Å². The molecule has 0 aliphatic heterocycles. The smallest absolute Gasteiger partial charge is 0.101 e. The Kier molecular flexibility index (Phi) is 2.76. The van der Waals surface area contributed by atoms with E-state index in [0.717, 1.165) is 12.2 Å². The zero-order chi connectivity index (χ0) is 9.84. The van der Waals surface area contributed by atoms with Gasteiger partial charge in [0.15, 0.2) is 0 Å². The SMILES string of the molecule is CCN(C)c1ccc(C#N)c(N)c1. The number of rotatable bonds is 2. The van der Waals surface area contributed by atoms with Gasteiger partial charge in [-0.25, -0.2) is 0 Å². The fraction of sp³-hybridized carbons (Fsp3) is 0.300. The quantitative estimate of drug-likeness (QED) is 0.694. The van der Waals surface area contributed by atoms with Crippen LogP contribution >= 0.6 is 0 Å². The first-order valence-electron chi connectivity index (χ1n) is 4.19. The Hall–Kier alpha value is -1.69. The second-order valence-electron chi connectivity index (χ2n) is 2.90. The summed E-state index contributed by atoms with van der Waals surface area (Å²) in [5, 5.41) is 8.66. The summed E-state index contributed by atoms with van der Waals surface area (Å²) >= 11 is 0. The lowest BCUT2D eigenvalue weighted by Crippen LogP contribution is -2.15. The fourth-order valence-electron chi connectivity index (χ4n) is 1.07. The van der Waals surface area contributed by atoms with E-state index in [2.05, 4.69) is 11.8 Å². The van der Waals surface area contributed by atoms with E-state index >= 15 is 0 Å². The maximum absolute atomic E-state index is 8.66. The van der Waals surface area contributed by atoms with Gasteiger partial charge in [0.25, 0.3) is 0 Å². The summed E-state index contributed by atoms with van der Waals surface area (Å²) < 4.78 is 0. The maximum Gasteiger partial charge on any atom is 0.101 e. The minimum atomic E-state index is 0.535. The summed E-state index contributed by atoms with van der Waals surface area (Å²) in [5.74, 6) is 0. The van der Waals surface area contributed by atoms with E-state index < -0.39 is 0 Å². The molecule has 1 aromatic carbocycles. The zero-order valence-electron chi connectivity index (χ0n) is 7.91. The van der Waals surface area contributed by atoms with Crippen LogP contribution in [0.1, 0.15) is 12.5 Å². The van der Waals surface area contributed by atoms with Gasteiger partial charge in [0.2, 0.25) is 0 Å². The van der Waals surface area contributed by atoms with Gasteiger partial charge in [0.05, 0.1) is 11.3 Å². The molecule has 0 saturated carbocycles. The molecule has 0 spiro atoms. The normalized spacial score (nSPS) is 9.31. The van der Waals surface area contributed by atoms with Crippen molar-refractivity contribution in [3.05, 3.63) is 23.8 Å². The van der Waals surface area contributed by atoms with Gasteiger partial charge in [-0.1, -0.05) is 0 Å². The molecule has 68 valence electrons. The molecular formula is C10H13N3. The molecule has 0 atom stereocenters. The van der Waals surface area contributed by atoms with Crippen LogP contribution in [0.4, 0.5) is 11.4 Å². The van der Waals surface area contributed by atoms with Crippen molar-refractivity contribution < 1.29 is 0 Å². The third kappa shape index (κ3) is 1.91. The average molecular weight is 175 g/mol. The number of hydrogen-bond donors (Lipinski definition) is 1. The molecule has 1 rings (SSSR count). The molecule has 0 aliphatic carbocycles. The fourth-order valence-corrected chi connectivity index (χ4v) is 1.07. The summed E-state index contributed by atoms with van der Waals surface area (Å²) in [6.07, 6.45) is 0. The first-order valence-corrected chi connectivity index (χ1v) is 4.19. The van der Waals surface area contributed by atoms with Crippen molar-refractivity contribution in [2.75, 3.05) is 24.2 Å². The highest BCUT2D eigenvalue weighted by molar-refractivity contribution is 5.63. The molecule has 0 radical (unpaired) electrons. The number of hydrogen-bond acceptors (Lipinski definition) is 3. The van der Waals surface area contributed by atoms with Crippen LogP contribution in [0.25, 0.3) is 0 Å². The predicted molar refractivity (Wildman–Crippen MR) is 54.5 cm³/mol. The van der Waals surface area contributed by atoms with Crippen LogP contribution in [0.3, 0.4) is 0 Å². The van der Waals surface area contributed by atoms with Crippen LogP contribution in [-0.2, 0) is 0 Å². The van der Waals surface area contributed by atoms with Crippen molar-refractivity contribution in [3.63, 3.8) is 0 Å². The molecule has 0 unspecified atom stereocenters. The van der Waals surface area contributed by atoms with Crippen LogP contribution in [-0.4, -0.2) is 13.6 Å². The van der Waals surface area contributed by atoms with E-state index in [1.54, 1.807) is 6.07 Å². The van der Waals surface area contributed by atoms with Gasteiger partial charge in [-0.2, -0.15) is 5.26 Å². The van der Waals surface area contributed by atoms with Crippen LogP contribution in [0.2, 0.25) is 0 Å². The third-order valence-corrected chi connectivity index (χ3v) is 2.07. The van der Waals surface area contributed by atoms with E-state index in [4.69, 9.17) is 11.0 Å². The molecule has 0 heterocycles. The minimum absolute atomic E-state index is 0.535. The highest BCUT2D eigenvalue weighted by Crippen LogP contribution is 2.19. The van der Waals surface area contributed by atoms with E-state index in [0.29, 0.717) is 11.3 Å². The van der Waals surface area contributed by atoms with Crippen molar-refractivity contribution in [2.45, 2.75) is 6.92 Å². The summed E-state index contributed by atoms with van der Waals surface area (Å²) in [7, 11) is 1.99. The van der Waals surface area contributed by atoms with Crippen molar-refractivity contribution >= 4 is 11.4 Å². The molecule has 1 aromatic rings. The lowest BCUT2D eigenvalue weighted by molar-refractivity contribution is 0.968. The Morgan fingerprint density at radius 3 is 2.69 bits per heavy atom. The second kappa shape index (κ2) is 3.81. The standard InChI is InChI=1S/C10H13N3/c1-3-13(2)9-5-4-8(7-11)10(12)6-9/h4-6H,3,12H2,1-2H3. The number of nitrogens with zero attached hydrogens (tertiary/aromatic N) is 2. The van der Waals surface area contributed by atoms with E-state index in [1.165, 1.54) is 0 Å². The van der Waals surface area contributed by atoms with Crippen molar-refractivity contribution in [2.24, 2.45) is 0 Å². The molecule has 0 amide bonds. The molecule has 13 heavy (non-hydrogen) atoms. The maximum atomic E-state index is 8.66. The van der Waals surface area contributed by atoms with Gasteiger partial charge in [-0.15, -0.1) is 0 Å². The van der Waals surface area contributed by atoms with Crippen molar-refractivity contribution in [1.82, 2.24) is 0 Å². The van der Waals surface area contributed by atoms with Crippen molar-refractivity contribution in [1.29, 1.82) is 5.26 Å². The third-order valence-electron chi connectivity index (χ3n) is 2.07. The molecule has 0 saturated heterocycles. The molecule has 0 fully saturated rings. The lowest BCUT2D eigenvalue weighted by atomic mass is 10.1. The Bertz CT molecular complexity index is 339.